The molecule has 0 spiro atoms. The molecule has 19 heavy (non-hydrogen) atoms. The summed E-state index contributed by atoms with van der Waals surface area (Å²) in [5.74, 6) is 0. The molecule has 2 aliphatic heterocycles. The number of nitrogens with zero attached hydrogens (tertiary/aromatic N) is 3. The van der Waals surface area contributed by atoms with Gasteiger partial charge in [-0.2, -0.15) is 0 Å². The standard InChI is InChI=1S/C12H25N3.2C2H6/c1-11-10-15(9-8-14(11)3)12-4-6-13(2)7-5-12;2*1-2/h11-12H,4-10H2,1-3H3;2*1-2H3. The summed E-state index contributed by atoms with van der Waals surface area (Å²) in [6, 6.07) is 1.59. The van der Waals surface area contributed by atoms with E-state index in [4.69, 9.17) is 0 Å². The van der Waals surface area contributed by atoms with Gasteiger partial charge in [0.15, 0.2) is 0 Å². The van der Waals surface area contributed by atoms with Crippen LogP contribution >= 0.6 is 0 Å². The minimum Gasteiger partial charge on any atom is -0.306 e. The molecule has 3 heteroatoms. The molecular formula is C16H37N3. The summed E-state index contributed by atoms with van der Waals surface area (Å²) in [5, 5.41) is 0. The second-order valence-electron chi connectivity index (χ2n) is 5.36. The van der Waals surface area contributed by atoms with Gasteiger partial charge in [0, 0.05) is 31.7 Å². The fourth-order valence-corrected chi connectivity index (χ4v) is 2.77. The molecule has 1 atom stereocenters. The number of hydrogen-bond donors (Lipinski definition) is 0. The van der Waals surface area contributed by atoms with E-state index in [1.54, 1.807) is 0 Å². The van der Waals surface area contributed by atoms with Crippen LogP contribution in [0.25, 0.3) is 0 Å². The van der Waals surface area contributed by atoms with Gasteiger partial charge < -0.3 is 9.80 Å². The first-order chi connectivity index (χ1) is 9.16. The lowest BCUT2D eigenvalue weighted by Crippen LogP contribution is -2.55. The lowest BCUT2D eigenvalue weighted by Gasteiger charge is -2.44. The van der Waals surface area contributed by atoms with E-state index in [1.807, 2.05) is 27.7 Å². The van der Waals surface area contributed by atoms with Crippen LogP contribution in [0.2, 0.25) is 0 Å². The van der Waals surface area contributed by atoms with Gasteiger partial charge in [-0.05, 0) is 47.0 Å². The highest BCUT2D eigenvalue weighted by Gasteiger charge is 2.28. The zero-order chi connectivity index (χ0) is 14.8. The maximum Gasteiger partial charge on any atom is 0.0192 e. The number of likely N-dealkylation sites (N-methyl/N-ethyl adjacent to an activating group) is 1. The summed E-state index contributed by atoms with van der Waals surface area (Å²) in [6.45, 7) is 16.7. The molecular weight excluding hydrogens is 234 g/mol. The van der Waals surface area contributed by atoms with Crippen molar-refractivity contribution in [2.45, 2.75) is 59.5 Å². The Balaban J connectivity index is 0.000000741. The molecule has 0 aromatic heterocycles. The summed E-state index contributed by atoms with van der Waals surface area (Å²) in [4.78, 5) is 7.65. The minimum absolute atomic E-state index is 0.735. The van der Waals surface area contributed by atoms with Crippen molar-refractivity contribution in [3.63, 3.8) is 0 Å². The van der Waals surface area contributed by atoms with Gasteiger partial charge in [0.1, 0.15) is 0 Å². The maximum absolute atomic E-state index is 2.72. The average Bonchev–Trinajstić information content (AvgIpc) is 2.47. The van der Waals surface area contributed by atoms with Crippen LogP contribution in [0.1, 0.15) is 47.5 Å². The van der Waals surface area contributed by atoms with Crippen molar-refractivity contribution in [2.75, 3.05) is 46.8 Å². The molecule has 0 bridgehead atoms. The summed E-state index contributed by atoms with van der Waals surface area (Å²) in [5.41, 5.74) is 0. The van der Waals surface area contributed by atoms with Crippen molar-refractivity contribution < 1.29 is 0 Å². The first kappa shape index (κ1) is 18.9. The Labute approximate surface area is 121 Å². The van der Waals surface area contributed by atoms with Crippen molar-refractivity contribution in [3.05, 3.63) is 0 Å². The molecule has 0 amide bonds. The number of piperidine rings is 1. The lowest BCUT2D eigenvalue weighted by atomic mass is 10.0. The van der Waals surface area contributed by atoms with Crippen molar-refractivity contribution >= 4 is 0 Å². The van der Waals surface area contributed by atoms with Crippen LogP contribution < -0.4 is 0 Å². The Kier molecular flexibility index (Phi) is 10.6. The van der Waals surface area contributed by atoms with E-state index in [1.165, 1.54) is 45.6 Å². The molecule has 0 aromatic rings. The Morgan fingerprint density at radius 2 is 1.32 bits per heavy atom. The normalized spacial score (nSPS) is 27.0. The highest BCUT2D eigenvalue weighted by atomic mass is 15.3. The van der Waals surface area contributed by atoms with E-state index in [0.29, 0.717) is 0 Å². The SMILES string of the molecule is CC.CC.CC1CN(C2CCN(C)CC2)CCN1C. The third-order valence-corrected chi connectivity index (χ3v) is 4.20. The molecule has 0 saturated carbocycles. The topological polar surface area (TPSA) is 9.72 Å². The van der Waals surface area contributed by atoms with Gasteiger partial charge in [0.25, 0.3) is 0 Å². The van der Waals surface area contributed by atoms with Crippen LogP contribution in [0, 0.1) is 0 Å². The van der Waals surface area contributed by atoms with Crippen molar-refractivity contribution in [3.8, 4) is 0 Å². The van der Waals surface area contributed by atoms with E-state index in [-0.39, 0.29) is 0 Å². The zero-order valence-corrected chi connectivity index (χ0v) is 14.4. The predicted octanol–water partition coefficient (Wildman–Crippen LogP) is 2.77. The molecule has 0 radical (unpaired) electrons. The third kappa shape index (κ3) is 6.24. The minimum atomic E-state index is 0.735. The molecule has 1 unspecified atom stereocenters. The molecule has 2 fully saturated rings. The van der Waals surface area contributed by atoms with Crippen LogP contribution in [-0.4, -0.2) is 73.6 Å². The van der Waals surface area contributed by atoms with Crippen LogP contribution in [0.3, 0.4) is 0 Å². The van der Waals surface area contributed by atoms with E-state index in [9.17, 15) is 0 Å². The quantitative estimate of drug-likeness (QED) is 0.726. The monoisotopic (exact) mass is 271 g/mol. The van der Waals surface area contributed by atoms with Crippen LogP contribution in [-0.2, 0) is 0 Å². The fraction of sp³-hybridized carbons (Fsp3) is 1.00. The average molecular weight is 271 g/mol. The van der Waals surface area contributed by atoms with Gasteiger partial charge >= 0.3 is 0 Å². The van der Waals surface area contributed by atoms with Gasteiger partial charge in [0.2, 0.25) is 0 Å². The van der Waals surface area contributed by atoms with Crippen molar-refractivity contribution in [1.29, 1.82) is 0 Å². The number of rotatable bonds is 1. The highest BCUT2D eigenvalue weighted by Crippen LogP contribution is 2.18. The largest absolute Gasteiger partial charge is 0.306 e. The van der Waals surface area contributed by atoms with Crippen LogP contribution in [0.4, 0.5) is 0 Å². The molecule has 0 N–H and O–H groups in total. The Hall–Kier alpha value is -0.120. The van der Waals surface area contributed by atoms with Gasteiger partial charge in [-0.25, -0.2) is 0 Å². The summed E-state index contributed by atoms with van der Waals surface area (Å²) >= 11 is 0. The van der Waals surface area contributed by atoms with E-state index in [0.717, 1.165) is 12.1 Å². The smallest absolute Gasteiger partial charge is 0.0192 e. The second kappa shape index (κ2) is 10.6. The van der Waals surface area contributed by atoms with E-state index < -0.39 is 0 Å². The van der Waals surface area contributed by atoms with E-state index >= 15 is 0 Å². The lowest BCUT2D eigenvalue weighted by molar-refractivity contribution is 0.0463. The Bertz CT molecular complexity index is 200. The van der Waals surface area contributed by atoms with Gasteiger partial charge in [0.05, 0.1) is 0 Å². The Morgan fingerprint density at radius 3 is 1.79 bits per heavy atom. The Morgan fingerprint density at radius 1 is 0.789 bits per heavy atom. The first-order valence-corrected chi connectivity index (χ1v) is 8.29. The molecule has 0 aromatic carbocycles. The number of piperazine rings is 1. The van der Waals surface area contributed by atoms with E-state index in [2.05, 4.69) is 35.7 Å². The molecule has 2 saturated heterocycles. The number of likely N-dealkylation sites (tertiary alicyclic amines) is 1. The number of hydrogen-bond acceptors (Lipinski definition) is 3. The van der Waals surface area contributed by atoms with Gasteiger partial charge in [-0.1, -0.05) is 27.7 Å². The zero-order valence-electron chi connectivity index (χ0n) is 14.4. The van der Waals surface area contributed by atoms with Gasteiger partial charge in [-0.3, -0.25) is 4.90 Å². The molecule has 2 aliphatic rings. The molecule has 0 aliphatic carbocycles. The second-order valence-corrected chi connectivity index (χ2v) is 5.36. The predicted molar refractivity (Wildman–Crippen MR) is 86.9 cm³/mol. The highest BCUT2D eigenvalue weighted by molar-refractivity contribution is 4.84. The first-order valence-electron chi connectivity index (χ1n) is 8.29. The maximum atomic E-state index is 2.72. The fourth-order valence-electron chi connectivity index (χ4n) is 2.77. The molecule has 3 nitrogen and oxygen atoms in total. The molecule has 116 valence electrons. The van der Waals surface area contributed by atoms with Crippen molar-refractivity contribution in [1.82, 2.24) is 14.7 Å². The van der Waals surface area contributed by atoms with Crippen LogP contribution in [0.5, 0.6) is 0 Å². The van der Waals surface area contributed by atoms with Gasteiger partial charge in [-0.15, -0.1) is 0 Å². The molecule has 2 rings (SSSR count). The summed E-state index contributed by atoms with van der Waals surface area (Å²) in [7, 11) is 4.49. The third-order valence-electron chi connectivity index (χ3n) is 4.20. The summed E-state index contributed by atoms with van der Waals surface area (Å²) < 4.78 is 0. The van der Waals surface area contributed by atoms with Crippen molar-refractivity contribution in [2.24, 2.45) is 0 Å². The summed E-state index contributed by atoms with van der Waals surface area (Å²) in [6.07, 6.45) is 2.74. The van der Waals surface area contributed by atoms with Crippen LogP contribution in [0.15, 0.2) is 0 Å². The molecule has 2 heterocycles.